The Kier molecular flexibility index (Phi) is 5.00. The highest BCUT2D eigenvalue weighted by Gasteiger charge is 2.19. The number of halogens is 1. The number of carbonyl (C=O) groups is 2. The fraction of sp³-hybridized carbons (Fsp3) is 0.308. The van der Waals surface area contributed by atoms with E-state index in [4.69, 9.17) is 5.26 Å². The van der Waals surface area contributed by atoms with Crippen LogP contribution in [0.2, 0.25) is 0 Å². The van der Waals surface area contributed by atoms with Crippen LogP contribution in [-0.2, 0) is 9.53 Å². The van der Waals surface area contributed by atoms with Crippen molar-refractivity contribution in [3.63, 3.8) is 0 Å². The topological polar surface area (TPSA) is 67.2 Å². The van der Waals surface area contributed by atoms with Crippen LogP contribution in [0.4, 0.5) is 4.39 Å². The molecule has 0 N–H and O–H groups in total. The summed E-state index contributed by atoms with van der Waals surface area (Å²) in [6, 6.07) is 7.21. The van der Waals surface area contributed by atoms with Crippen LogP contribution in [0, 0.1) is 23.1 Å². The maximum absolute atomic E-state index is 13.2. The third-order valence-electron chi connectivity index (χ3n) is 2.37. The minimum atomic E-state index is -0.890. The molecule has 0 aliphatic carbocycles. The molecule has 18 heavy (non-hydrogen) atoms. The van der Waals surface area contributed by atoms with Crippen LogP contribution in [-0.4, -0.2) is 18.4 Å². The first-order valence-corrected chi connectivity index (χ1v) is 5.44. The van der Waals surface area contributed by atoms with E-state index in [0.29, 0.717) is 6.42 Å². The number of esters is 1. The van der Waals surface area contributed by atoms with Crippen molar-refractivity contribution in [3.05, 3.63) is 35.6 Å². The van der Waals surface area contributed by atoms with Crippen LogP contribution in [0.5, 0.6) is 0 Å². The maximum Gasteiger partial charge on any atom is 0.323 e. The second-order valence-corrected chi connectivity index (χ2v) is 3.60. The molecule has 0 bridgehead atoms. The van der Waals surface area contributed by atoms with Gasteiger partial charge in [0.05, 0.1) is 11.6 Å². The molecule has 1 rings (SSSR count). The molecule has 5 heteroatoms. The van der Waals surface area contributed by atoms with Crippen molar-refractivity contribution in [1.29, 1.82) is 5.26 Å². The number of carbonyl (C=O) groups excluding carboxylic acids is 2. The van der Waals surface area contributed by atoms with Crippen LogP contribution in [0.15, 0.2) is 24.3 Å². The largest absolute Gasteiger partial charge is 0.456 e. The Hall–Kier alpha value is -2.22. The van der Waals surface area contributed by atoms with Crippen LogP contribution in [0.3, 0.4) is 0 Å². The van der Waals surface area contributed by atoms with Gasteiger partial charge in [-0.2, -0.15) is 5.26 Å². The zero-order chi connectivity index (χ0) is 13.5. The van der Waals surface area contributed by atoms with Crippen molar-refractivity contribution < 1.29 is 18.7 Å². The Morgan fingerprint density at radius 3 is 2.67 bits per heavy atom. The van der Waals surface area contributed by atoms with Gasteiger partial charge in [0.25, 0.3) is 0 Å². The molecule has 1 aromatic rings. The summed E-state index contributed by atoms with van der Waals surface area (Å²) in [6.45, 7) is 1.10. The van der Waals surface area contributed by atoms with E-state index < -0.39 is 30.1 Å². The molecular formula is C13H12FNO3. The van der Waals surface area contributed by atoms with Crippen LogP contribution in [0.25, 0.3) is 0 Å². The molecule has 0 saturated carbocycles. The van der Waals surface area contributed by atoms with Crippen molar-refractivity contribution in [2.45, 2.75) is 13.3 Å². The summed E-state index contributed by atoms with van der Waals surface area (Å²) in [6.07, 6.45) is 0.309. The minimum absolute atomic E-state index is 0.129. The number of ether oxygens (including phenoxy) is 1. The number of hydrogen-bond acceptors (Lipinski definition) is 4. The third kappa shape index (κ3) is 3.39. The summed E-state index contributed by atoms with van der Waals surface area (Å²) >= 11 is 0. The number of nitriles is 1. The first-order chi connectivity index (χ1) is 8.60. The van der Waals surface area contributed by atoms with Gasteiger partial charge < -0.3 is 4.74 Å². The molecule has 0 heterocycles. The number of hydrogen-bond donors (Lipinski definition) is 0. The molecule has 0 radical (unpaired) electrons. The molecule has 0 fully saturated rings. The van der Waals surface area contributed by atoms with Gasteiger partial charge in [0.2, 0.25) is 5.78 Å². The van der Waals surface area contributed by atoms with Crippen molar-refractivity contribution in [1.82, 2.24) is 0 Å². The van der Waals surface area contributed by atoms with E-state index in [1.807, 2.05) is 0 Å². The van der Waals surface area contributed by atoms with Gasteiger partial charge in [-0.3, -0.25) is 9.59 Å². The Morgan fingerprint density at radius 1 is 1.44 bits per heavy atom. The molecule has 0 amide bonds. The molecule has 0 spiro atoms. The van der Waals surface area contributed by atoms with E-state index >= 15 is 0 Å². The summed E-state index contributed by atoms with van der Waals surface area (Å²) < 4.78 is 17.9. The lowest BCUT2D eigenvalue weighted by molar-refractivity contribution is -0.145. The zero-order valence-electron chi connectivity index (χ0n) is 9.85. The van der Waals surface area contributed by atoms with Gasteiger partial charge in [-0.25, -0.2) is 4.39 Å². The normalized spacial score (nSPS) is 11.4. The highest BCUT2D eigenvalue weighted by atomic mass is 19.1. The molecular weight excluding hydrogens is 237 g/mol. The molecule has 0 aromatic heterocycles. The van der Waals surface area contributed by atoms with Gasteiger partial charge in [-0.15, -0.1) is 0 Å². The van der Waals surface area contributed by atoms with Gasteiger partial charge in [0, 0.05) is 0 Å². The predicted octanol–water partition coefficient (Wildman–Crippen LogP) is 2.10. The summed E-state index contributed by atoms with van der Waals surface area (Å²) in [5, 5.41) is 8.63. The number of benzene rings is 1. The molecule has 94 valence electrons. The second-order valence-electron chi connectivity index (χ2n) is 3.60. The Bertz CT molecular complexity index is 493. The van der Waals surface area contributed by atoms with Gasteiger partial charge in [-0.1, -0.05) is 19.1 Å². The molecule has 1 unspecified atom stereocenters. The molecule has 4 nitrogen and oxygen atoms in total. The summed E-state index contributed by atoms with van der Waals surface area (Å²) in [5.41, 5.74) is -0.129. The maximum atomic E-state index is 13.2. The van der Waals surface area contributed by atoms with Crippen molar-refractivity contribution in [2.75, 3.05) is 6.61 Å². The van der Waals surface area contributed by atoms with E-state index in [-0.39, 0.29) is 5.56 Å². The fourth-order valence-corrected chi connectivity index (χ4v) is 1.31. The van der Waals surface area contributed by atoms with Crippen molar-refractivity contribution in [2.24, 2.45) is 5.92 Å². The first kappa shape index (κ1) is 13.8. The van der Waals surface area contributed by atoms with Crippen molar-refractivity contribution in [3.8, 4) is 6.07 Å². The van der Waals surface area contributed by atoms with E-state index in [0.717, 1.165) is 6.07 Å². The van der Waals surface area contributed by atoms with Gasteiger partial charge in [0.1, 0.15) is 11.7 Å². The van der Waals surface area contributed by atoms with Crippen LogP contribution in [0.1, 0.15) is 23.7 Å². The summed E-state index contributed by atoms with van der Waals surface area (Å²) in [7, 11) is 0. The second kappa shape index (κ2) is 6.50. The zero-order valence-corrected chi connectivity index (χ0v) is 9.85. The molecule has 0 saturated heterocycles. The van der Waals surface area contributed by atoms with E-state index in [2.05, 4.69) is 4.74 Å². The quantitative estimate of drug-likeness (QED) is 0.592. The number of rotatable bonds is 5. The Balaban J connectivity index is 2.60. The summed E-state index contributed by atoms with van der Waals surface area (Å²) in [5.74, 6) is -2.94. The lowest BCUT2D eigenvalue weighted by atomic mass is 10.1. The highest BCUT2D eigenvalue weighted by molar-refractivity contribution is 5.98. The SMILES string of the molecule is CCC(C#N)C(=O)OCC(=O)c1ccccc1F. The van der Waals surface area contributed by atoms with Gasteiger partial charge >= 0.3 is 5.97 Å². The van der Waals surface area contributed by atoms with Crippen LogP contribution < -0.4 is 0 Å². The van der Waals surface area contributed by atoms with Crippen LogP contribution >= 0.6 is 0 Å². The first-order valence-electron chi connectivity index (χ1n) is 5.44. The molecule has 0 aliphatic heterocycles. The standard InChI is InChI=1S/C13H12FNO3/c1-2-9(7-15)13(17)18-8-12(16)10-5-3-4-6-11(10)14/h3-6,9H,2,8H2,1H3. The monoisotopic (exact) mass is 249 g/mol. The molecule has 1 atom stereocenters. The average molecular weight is 249 g/mol. The van der Waals surface area contributed by atoms with E-state index in [1.165, 1.54) is 18.2 Å². The smallest absolute Gasteiger partial charge is 0.323 e. The third-order valence-corrected chi connectivity index (χ3v) is 2.37. The highest BCUT2D eigenvalue weighted by Crippen LogP contribution is 2.09. The lowest BCUT2D eigenvalue weighted by Crippen LogP contribution is -2.20. The Morgan fingerprint density at radius 2 is 2.11 bits per heavy atom. The lowest BCUT2D eigenvalue weighted by Gasteiger charge is -2.07. The number of Topliss-reactive ketones (excluding diaryl/α,β-unsaturated/α-hetero) is 1. The minimum Gasteiger partial charge on any atom is -0.456 e. The van der Waals surface area contributed by atoms with E-state index in [1.54, 1.807) is 13.0 Å². The number of nitrogens with zero attached hydrogens (tertiary/aromatic N) is 1. The molecule has 0 aliphatic rings. The fourth-order valence-electron chi connectivity index (χ4n) is 1.31. The van der Waals surface area contributed by atoms with E-state index in [9.17, 15) is 14.0 Å². The van der Waals surface area contributed by atoms with Crippen molar-refractivity contribution >= 4 is 11.8 Å². The predicted molar refractivity (Wildman–Crippen MR) is 61.1 cm³/mol. The van der Waals surface area contributed by atoms with Gasteiger partial charge in [-0.05, 0) is 18.6 Å². The Labute approximate surface area is 104 Å². The average Bonchev–Trinajstić information content (AvgIpc) is 2.38. The van der Waals surface area contributed by atoms with Gasteiger partial charge in [0.15, 0.2) is 6.61 Å². The summed E-state index contributed by atoms with van der Waals surface area (Å²) in [4.78, 5) is 22.9. The molecule has 1 aromatic carbocycles. The number of ketones is 1.